The predicted octanol–water partition coefficient (Wildman–Crippen LogP) is 3.03. The highest BCUT2D eigenvalue weighted by atomic mass is 32.3. The molecule has 1 aromatic carbocycles. The van der Waals surface area contributed by atoms with Gasteiger partial charge in [-0.05, 0) is 45.8 Å². The Hall–Kier alpha value is -0.670. The molecule has 0 aromatic heterocycles. The first-order valence-electron chi connectivity index (χ1n) is 6.66. The van der Waals surface area contributed by atoms with Crippen molar-refractivity contribution in [3.8, 4) is 0 Å². The SMILES string of the molecule is Cc1ccc(N2CCS(C)(N(C)C)CC2)c(C)c1. The van der Waals surface area contributed by atoms with E-state index < -0.39 is 10.2 Å². The highest BCUT2D eigenvalue weighted by Gasteiger charge is 2.27. The molecular weight excluding hydrogens is 240 g/mol. The zero-order valence-electron chi connectivity index (χ0n) is 12.4. The molecular formula is C15H26N2S. The Kier molecular flexibility index (Phi) is 3.93. The Morgan fingerprint density at radius 3 is 2.22 bits per heavy atom. The summed E-state index contributed by atoms with van der Waals surface area (Å²) in [6.45, 7) is 6.80. The van der Waals surface area contributed by atoms with E-state index in [0.29, 0.717) is 0 Å². The number of anilines is 1. The lowest BCUT2D eigenvalue weighted by Gasteiger charge is -2.49. The molecule has 0 spiro atoms. The molecule has 2 nitrogen and oxygen atoms in total. The molecule has 0 atom stereocenters. The van der Waals surface area contributed by atoms with E-state index in [1.807, 2.05) is 0 Å². The Morgan fingerprint density at radius 2 is 1.72 bits per heavy atom. The standard InChI is InChI=1S/C15H26N2S/c1-13-6-7-15(14(2)12-13)17-8-10-18(5,11-9-17)16(3)4/h6-7,12H,8-11H2,1-5H3. The minimum absolute atomic E-state index is 0.527. The van der Waals surface area contributed by atoms with Crippen LogP contribution in [-0.4, -0.2) is 49.3 Å². The maximum Gasteiger partial charge on any atom is 0.0396 e. The highest BCUT2D eigenvalue weighted by molar-refractivity contribution is 8.31. The van der Waals surface area contributed by atoms with Gasteiger partial charge in [0.25, 0.3) is 0 Å². The fourth-order valence-electron chi connectivity index (χ4n) is 2.59. The lowest BCUT2D eigenvalue weighted by atomic mass is 10.1. The lowest BCUT2D eigenvalue weighted by Crippen LogP contribution is -2.42. The summed E-state index contributed by atoms with van der Waals surface area (Å²) in [5, 5.41) is 0. The van der Waals surface area contributed by atoms with Crippen molar-refractivity contribution >= 4 is 15.9 Å². The molecule has 1 heterocycles. The molecule has 1 saturated heterocycles. The second-order valence-corrected chi connectivity index (χ2v) is 9.71. The van der Waals surface area contributed by atoms with E-state index in [-0.39, 0.29) is 0 Å². The molecule has 0 bridgehead atoms. The predicted molar refractivity (Wildman–Crippen MR) is 85.1 cm³/mol. The molecule has 2 rings (SSSR count). The Bertz CT molecular complexity index is 421. The van der Waals surface area contributed by atoms with Gasteiger partial charge in [-0.2, -0.15) is 10.2 Å². The number of rotatable bonds is 2. The molecule has 1 aliphatic rings. The number of benzene rings is 1. The average Bonchev–Trinajstić information content (AvgIpc) is 2.31. The Morgan fingerprint density at radius 1 is 1.11 bits per heavy atom. The fourth-order valence-corrected chi connectivity index (χ4v) is 4.76. The first-order chi connectivity index (χ1) is 8.42. The van der Waals surface area contributed by atoms with Crippen LogP contribution >= 0.6 is 10.2 Å². The molecule has 18 heavy (non-hydrogen) atoms. The van der Waals surface area contributed by atoms with Crippen LogP contribution in [0.3, 0.4) is 0 Å². The van der Waals surface area contributed by atoms with Crippen LogP contribution < -0.4 is 4.90 Å². The van der Waals surface area contributed by atoms with E-state index >= 15 is 0 Å². The molecule has 1 aromatic rings. The van der Waals surface area contributed by atoms with Crippen molar-refractivity contribution in [1.29, 1.82) is 0 Å². The van der Waals surface area contributed by atoms with Crippen LogP contribution in [0.2, 0.25) is 0 Å². The van der Waals surface area contributed by atoms with Crippen LogP contribution in [-0.2, 0) is 0 Å². The summed E-state index contributed by atoms with van der Waals surface area (Å²) >= 11 is 0. The first kappa shape index (κ1) is 13.8. The van der Waals surface area contributed by atoms with Gasteiger partial charge in [-0.25, -0.2) is 0 Å². The Balaban J connectivity index is 2.10. The van der Waals surface area contributed by atoms with E-state index in [9.17, 15) is 0 Å². The second kappa shape index (κ2) is 5.14. The molecule has 0 amide bonds. The van der Waals surface area contributed by atoms with Crippen LogP contribution in [0.15, 0.2) is 18.2 Å². The summed E-state index contributed by atoms with van der Waals surface area (Å²) in [4.78, 5) is 2.56. The summed E-state index contributed by atoms with van der Waals surface area (Å²) in [7, 11) is 3.95. The lowest BCUT2D eigenvalue weighted by molar-refractivity contribution is 0.664. The van der Waals surface area contributed by atoms with Gasteiger partial charge in [0.05, 0.1) is 0 Å². The van der Waals surface area contributed by atoms with Crippen LogP contribution in [0.5, 0.6) is 0 Å². The zero-order chi connectivity index (χ0) is 13.3. The van der Waals surface area contributed by atoms with Crippen molar-refractivity contribution in [2.75, 3.05) is 49.8 Å². The van der Waals surface area contributed by atoms with Crippen molar-refractivity contribution in [2.24, 2.45) is 0 Å². The zero-order valence-corrected chi connectivity index (χ0v) is 13.2. The molecule has 0 radical (unpaired) electrons. The number of hydrogen-bond acceptors (Lipinski definition) is 2. The number of aryl methyl sites for hydroxylation is 2. The van der Waals surface area contributed by atoms with E-state index in [0.717, 1.165) is 0 Å². The van der Waals surface area contributed by atoms with Crippen molar-refractivity contribution in [3.63, 3.8) is 0 Å². The van der Waals surface area contributed by atoms with E-state index in [1.165, 1.54) is 41.4 Å². The normalized spacial score (nSPS) is 21.1. The van der Waals surface area contributed by atoms with Crippen molar-refractivity contribution in [2.45, 2.75) is 13.8 Å². The number of hydrogen-bond donors (Lipinski definition) is 0. The first-order valence-corrected chi connectivity index (χ1v) is 8.99. The van der Waals surface area contributed by atoms with E-state index in [1.54, 1.807) is 0 Å². The smallest absolute Gasteiger partial charge is 0.0396 e. The van der Waals surface area contributed by atoms with Gasteiger partial charge in [0.2, 0.25) is 0 Å². The van der Waals surface area contributed by atoms with Crippen molar-refractivity contribution < 1.29 is 0 Å². The second-order valence-electron chi connectivity index (χ2n) is 5.72. The summed E-state index contributed by atoms with van der Waals surface area (Å²) in [6, 6.07) is 6.81. The Labute approximate surface area is 113 Å². The van der Waals surface area contributed by atoms with Crippen molar-refractivity contribution in [3.05, 3.63) is 29.3 Å². The third kappa shape index (κ3) is 2.67. The minimum atomic E-state index is -0.527. The summed E-state index contributed by atoms with van der Waals surface area (Å²) in [6.07, 6.45) is 2.46. The molecule has 0 saturated carbocycles. The van der Waals surface area contributed by atoms with Gasteiger partial charge >= 0.3 is 0 Å². The highest BCUT2D eigenvalue weighted by Crippen LogP contribution is 2.48. The van der Waals surface area contributed by atoms with Gasteiger partial charge in [-0.15, -0.1) is 0 Å². The van der Waals surface area contributed by atoms with Crippen LogP contribution in [0.1, 0.15) is 11.1 Å². The minimum Gasteiger partial charge on any atom is -0.370 e. The fraction of sp³-hybridized carbons (Fsp3) is 0.600. The summed E-state index contributed by atoms with van der Waals surface area (Å²) in [5.74, 6) is 2.65. The molecule has 0 aliphatic carbocycles. The molecule has 102 valence electrons. The van der Waals surface area contributed by atoms with Gasteiger partial charge in [0, 0.05) is 30.3 Å². The van der Waals surface area contributed by atoms with Gasteiger partial charge in [0.15, 0.2) is 0 Å². The van der Waals surface area contributed by atoms with Gasteiger partial charge in [-0.1, -0.05) is 17.7 Å². The molecule has 0 N–H and O–H groups in total. The molecule has 3 heteroatoms. The van der Waals surface area contributed by atoms with Gasteiger partial charge in [-0.3, -0.25) is 4.31 Å². The summed E-state index contributed by atoms with van der Waals surface area (Å²) in [5.41, 5.74) is 4.20. The monoisotopic (exact) mass is 266 g/mol. The molecule has 0 unspecified atom stereocenters. The van der Waals surface area contributed by atoms with Gasteiger partial charge in [0.1, 0.15) is 0 Å². The third-order valence-electron chi connectivity index (χ3n) is 4.18. The molecule has 1 aliphatic heterocycles. The van der Waals surface area contributed by atoms with E-state index in [2.05, 4.69) is 61.6 Å². The number of nitrogens with zero attached hydrogens (tertiary/aromatic N) is 2. The largest absolute Gasteiger partial charge is 0.370 e. The maximum atomic E-state index is 2.56. The maximum absolute atomic E-state index is 2.56. The van der Waals surface area contributed by atoms with Crippen molar-refractivity contribution in [1.82, 2.24) is 4.31 Å². The van der Waals surface area contributed by atoms with E-state index in [4.69, 9.17) is 0 Å². The van der Waals surface area contributed by atoms with Gasteiger partial charge < -0.3 is 4.90 Å². The topological polar surface area (TPSA) is 6.48 Å². The third-order valence-corrected chi connectivity index (χ3v) is 8.06. The summed E-state index contributed by atoms with van der Waals surface area (Å²) < 4.78 is 2.46. The van der Waals surface area contributed by atoms with Crippen LogP contribution in [0.4, 0.5) is 5.69 Å². The van der Waals surface area contributed by atoms with Crippen LogP contribution in [0, 0.1) is 13.8 Å². The van der Waals surface area contributed by atoms with Crippen LogP contribution in [0.25, 0.3) is 0 Å². The average molecular weight is 266 g/mol. The quantitative estimate of drug-likeness (QED) is 0.812. The molecule has 1 fully saturated rings.